The molecule has 1 fully saturated rings. The Labute approximate surface area is 165 Å². The van der Waals surface area contributed by atoms with E-state index in [9.17, 15) is 4.79 Å². The van der Waals surface area contributed by atoms with Gasteiger partial charge in [-0.2, -0.15) is 0 Å². The van der Waals surface area contributed by atoms with E-state index in [0.29, 0.717) is 16.3 Å². The van der Waals surface area contributed by atoms with E-state index in [1.54, 1.807) is 10.9 Å². The van der Waals surface area contributed by atoms with Crippen molar-refractivity contribution in [3.63, 3.8) is 0 Å². The van der Waals surface area contributed by atoms with Gasteiger partial charge in [0.15, 0.2) is 0 Å². The van der Waals surface area contributed by atoms with Crippen LogP contribution in [0.3, 0.4) is 0 Å². The first kappa shape index (κ1) is 19.5. The highest BCUT2D eigenvalue weighted by molar-refractivity contribution is 7.17. The van der Waals surface area contributed by atoms with Gasteiger partial charge in [-0.25, -0.2) is 4.98 Å². The average Bonchev–Trinajstić information content (AvgIpc) is 3.25. The SMILES string of the molecule is CN1CCC(Cn2cnc3scc(-c4ccccc4Cl)c3c2=O)C1.O=CO. The number of carboxylic acid groups (broad SMARTS) is 1. The number of nitrogens with zero attached hydrogens (tertiary/aromatic N) is 3. The molecule has 4 rings (SSSR count). The minimum absolute atomic E-state index is 0.0331. The zero-order valence-corrected chi connectivity index (χ0v) is 16.4. The quantitative estimate of drug-likeness (QED) is 0.675. The minimum atomic E-state index is -0.250. The molecule has 6 nitrogen and oxygen atoms in total. The smallest absolute Gasteiger partial charge is 0.290 e. The Bertz CT molecular complexity index is 1000. The third-order valence-electron chi connectivity index (χ3n) is 4.67. The van der Waals surface area contributed by atoms with E-state index in [0.717, 1.165) is 42.0 Å². The van der Waals surface area contributed by atoms with E-state index in [-0.39, 0.29) is 12.0 Å². The fraction of sp³-hybridized carbons (Fsp3) is 0.316. The maximum atomic E-state index is 13.0. The second kappa shape index (κ2) is 8.65. The molecule has 0 aliphatic carbocycles. The molecule has 1 aliphatic rings. The summed E-state index contributed by atoms with van der Waals surface area (Å²) in [6, 6.07) is 7.64. The Hall–Kier alpha value is -2.22. The molecule has 1 N–H and O–H groups in total. The molecule has 27 heavy (non-hydrogen) atoms. The maximum absolute atomic E-state index is 13.0. The number of aromatic nitrogens is 2. The summed E-state index contributed by atoms with van der Waals surface area (Å²) in [5.74, 6) is 0.509. The number of thiophene rings is 1. The molecule has 1 aromatic carbocycles. The van der Waals surface area contributed by atoms with Gasteiger partial charge in [-0.3, -0.25) is 14.2 Å². The minimum Gasteiger partial charge on any atom is -0.483 e. The highest BCUT2D eigenvalue weighted by Crippen LogP contribution is 2.34. The lowest BCUT2D eigenvalue weighted by atomic mass is 10.1. The van der Waals surface area contributed by atoms with Gasteiger partial charge in [0.25, 0.3) is 12.0 Å². The van der Waals surface area contributed by atoms with Crippen LogP contribution in [-0.2, 0) is 11.3 Å². The molecule has 3 aromatic rings. The number of hydrogen-bond donors (Lipinski definition) is 1. The summed E-state index contributed by atoms with van der Waals surface area (Å²) in [6.45, 7) is 2.60. The fourth-order valence-corrected chi connectivity index (χ4v) is 4.56. The van der Waals surface area contributed by atoms with Crippen molar-refractivity contribution in [2.45, 2.75) is 13.0 Å². The number of carbonyl (C=O) groups is 1. The van der Waals surface area contributed by atoms with E-state index >= 15 is 0 Å². The molecular formula is C19H20ClN3O3S. The number of fused-ring (bicyclic) bond motifs is 1. The van der Waals surface area contributed by atoms with E-state index in [1.165, 1.54) is 11.3 Å². The Morgan fingerprint density at radius 1 is 1.37 bits per heavy atom. The third kappa shape index (κ3) is 4.21. The molecule has 8 heteroatoms. The second-order valence-corrected chi connectivity index (χ2v) is 7.80. The van der Waals surface area contributed by atoms with Gasteiger partial charge in [0.2, 0.25) is 0 Å². The van der Waals surface area contributed by atoms with Crippen LogP contribution in [0.15, 0.2) is 40.8 Å². The van der Waals surface area contributed by atoms with Gasteiger partial charge in [0.05, 0.1) is 11.7 Å². The normalized spacial score (nSPS) is 16.9. The van der Waals surface area contributed by atoms with Crippen LogP contribution in [0.25, 0.3) is 21.3 Å². The number of hydrogen-bond acceptors (Lipinski definition) is 5. The number of benzene rings is 1. The van der Waals surface area contributed by atoms with Crippen LogP contribution in [0.5, 0.6) is 0 Å². The molecule has 0 saturated carbocycles. The van der Waals surface area contributed by atoms with Crippen molar-refractivity contribution < 1.29 is 9.90 Å². The van der Waals surface area contributed by atoms with Gasteiger partial charge in [-0.1, -0.05) is 29.8 Å². The third-order valence-corrected chi connectivity index (χ3v) is 5.88. The van der Waals surface area contributed by atoms with Crippen LogP contribution >= 0.6 is 22.9 Å². The average molecular weight is 406 g/mol. The zero-order valence-electron chi connectivity index (χ0n) is 14.8. The van der Waals surface area contributed by atoms with Crippen LogP contribution in [0.1, 0.15) is 6.42 Å². The highest BCUT2D eigenvalue weighted by Gasteiger charge is 2.21. The number of rotatable bonds is 3. The molecule has 1 atom stereocenters. The Morgan fingerprint density at radius 3 is 2.78 bits per heavy atom. The van der Waals surface area contributed by atoms with Crippen LogP contribution in [-0.4, -0.2) is 46.2 Å². The van der Waals surface area contributed by atoms with Gasteiger partial charge in [-0.05, 0) is 32.0 Å². The van der Waals surface area contributed by atoms with Crippen molar-refractivity contribution in [2.24, 2.45) is 5.92 Å². The largest absolute Gasteiger partial charge is 0.483 e. The zero-order chi connectivity index (χ0) is 19.4. The van der Waals surface area contributed by atoms with Gasteiger partial charge in [-0.15, -0.1) is 11.3 Å². The van der Waals surface area contributed by atoms with Crippen LogP contribution < -0.4 is 5.56 Å². The van der Waals surface area contributed by atoms with Crippen molar-refractivity contribution in [3.8, 4) is 11.1 Å². The standard InChI is InChI=1S/C18H18ClN3OS.CH2O2/c1-21-7-6-12(8-21)9-22-11-20-17-16(18(22)23)14(10-24-17)13-4-2-3-5-15(13)19;2-1-3/h2-5,10-12H,6-9H2,1H3;1H,(H,2,3). The van der Waals surface area contributed by atoms with Crippen molar-refractivity contribution >= 4 is 39.6 Å². The molecule has 1 aliphatic heterocycles. The van der Waals surface area contributed by atoms with Crippen molar-refractivity contribution in [2.75, 3.05) is 20.1 Å². The molecule has 0 spiro atoms. The molecular weight excluding hydrogens is 386 g/mol. The summed E-state index contributed by atoms with van der Waals surface area (Å²) in [5.41, 5.74) is 1.81. The molecule has 1 unspecified atom stereocenters. The topological polar surface area (TPSA) is 75.4 Å². The van der Waals surface area contributed by atoms with Gasteiger partial charge in [0, 0.05) is 34.6 Å². The van der Waals surface area contributed by atoms with Crippen molar-refractivity contribution in [1.29, 1.82) is 0 Å². The molecule has 142 valence electrons. The van der Waals surface area contributed by atoms with Crippen molar-refractivity contribution in [1.82, 2.24) is 14.5 Å². The molecule has 0 amide bonds. The summed E-state index contributed by atoms with van der Waals surface area (Å²) in [7, 11) is 2.12. The summed E-state index contributed by atoms with van der Waals surface area (Å²) >= 11 is 7.82. The summed E-state index contributed by atoms with van der Waals surface area (Å²) in [5, 5.41) is 10.2. The Kier molecular flexibility index (Phi) is 6.26. The predicted molar refractivity (Wildman–Crippen MR) is 109 cm³/mol. The molecule has 1 saturated heterocycles. The maximum Gasteiger partial charge on any atom is 0.290 e. The lowest BCUT2D eigenvalue weighted by Crippen LogP contribution is -2.25. The van der Waals surface area contributed by atoms with E-state index < -0.39 is 0 Å². The first-order chi connectivity index (χ1) is 13.0. The molecule has 3 heterocycles. The number of likely N-dealkylation sites (tertiary alicyclic amines) is 1. The summed E-state index contributed by atoms with van der Waals surface area (Å²) in [6.07, 6.45) is 2.82. The molecule has 2 aromatic heterocycles. The Balaban J connectivity index is 0.000000659. The summed E-state index contributed by atoms with van der Waals surface area (Å²) < 4.78 is 1.76. The van der Waals surface area contributed by atoms with Gasteiger partial charge in [0.1, 0.15) is 4.83 Å². The van der Waals surface area contributed by atoms with Gasteiger partial charge >= 0.3 is 0 Å². The van der Waals surface area contributed by atoms with E-state index in [4.69, 9.17) is 21.5 Å². The highest BCUT2D eigenvalue weighted by atomic mass is 35.5. The van der Waals surface area contributed by atoms with Crippen LogP contribution in [0, 0.1) is 5.92 Å². The lowest BCUT2D eigenvalue weighted by molar-refractivity contribution is -0.122. The Morgan fingerprint density at radius 2 is 2.11 bits per heavy atom. The van der Waals surface area contributed by atoms with E-state index in [1.807, 2.05) is 29.6 Å². The lowest BCUT2D eigenvalue weighted by Gasteiger charge is -2.12. The fourth-order valence-electron chi connectivity index (χ4n) is 3.43. The first-order valence-corrected chi connectivity index (χ1v) is 9.78. The molecule has 0 radical (unpaired) electrons. The van der Waals surface area contributed by atoms with Crippen LogP contribution in [0.4, 0.5) is 0 Å². The van der Waals surface area contributed by atoms with Gasteiger partial charge < -0.3 is 10.0 Å². The van der Waals surface area contributed by atoms with Crippen LogP contribution in [0.2, 0.25) is 5.02 Å². The second-order valence-electron chi connectivity index (χ2n) is 6.53. The van der Waals surface area contributed by atoms with E-state index in [2.05, 4.69) is 16.9 Å². The first-order valence-electron chi connectivity index (χ1n) is 8.53. The number of halogens is 1. The summed E-state index contributed by atoms with van der Waals surface area (Å²) in [4.78, 5) is 29.0. The monoisotopic (exact) mass is 405 g/mol. The predicted octanol–water partition coefficient (Wildman–Crippen LogP) is 3.43. The molecule has 0 bridgehead atoms. The van der Waals surface area contributed by atoms with Crippen molar-refractivity contribution in [3.05, 3.63) is 51.3 Å².